The van der Waals surface area contributed by atoms with Gasteiger partial charge >= 0.3 is 0 Å². The zero-order valence-corrected chi connectivity index (χ0v) is 11.1. The summed E-state index contributed by atoms with van der Waals surface area (Å²) in [7, 11) is 1.62. The lowest BCUT2D eigenvalue weighted by Gasteiger charge is -2.03. The lowest BCUT2D eigenvalue weighted by atomic mass is 10.2. The summed E-state index contributed by atoms with van der Waals surface area (Å²) in [5.74, 6) is 0.748. The summed E-state index contributed by atoms with van der Waals surface area (Å²) in [5, 5.41) is 12.6. The molecule has 0 radical (unpaired) electrons. The minimum atomic E-state index is 0.358. The number of benzene rings is 2. The molecule has 0 atom stereocenters. The first-order chi connectivity index (χ1) is 9.83. The number of nitriles is 1. The highest BCUT2D eigenvalue weighted by molar-refractivity contribution is 5.82. The van der Waals surface area contributed by atoms with Crippen molar-refractivity contribution < 1.29 is 9.57 Å². The second kappa shape index (κ2) is 6.95. The van der Waals surface area contributed by atoms with E-state index >= 15 is 0 Å². The number of hydrogen-bond donors (Lipinski definition) is 0. The Bertz CT molecular complexity index is 628. The highest BCUT2D eigenvalue weighted by Gasteiger charge is 1.98. The molecule has 0 saturated heterocycles. The van der Waals surface area contributed by atoms with Crippen LogP contribution in [0.3, 0.4) is 0 Å². The Morgan fingerprint density at radius 3 is 2.60 bits per heavy atom. The van der Waals surface area contributed by atoms with Crippen molar-refractivity contribution in [3.05, 3.63) is 65.2 Å². The second-order valence-corrected chi connectivity index (χ2v) is 4.06. The molecule has 2 rings (SSSR count). The molecule has 0 bridgehead atoms. The molecule has 0 amide bonds. The molecule has 0 heterocycles. The van der Waals surface area contributed by atoms with Gasteiger partial charge in [0.2, 0.25) is 0 Å². The Morgan fingerprint density at radius 1 is 1.15 bits per heavy atom. The second-order valence-electron chi connectivity index (χ2n) is 4.06. The van der Waals surface area contributed by atoms with E-state index in [-0.39, 0.29) is 0 Å². The Kier molecular flexibility index (Phi) is 4.74. The van der Waals surface area contributed by atoms with Gasteiger partial charge in [0.05, 0.1) is 25.0 Å². The van der Waals surface area contributed by atoms with Gasteiger partial charge in [0.15, 0.2) is 0 Å². The molecule has 0 aliphatic heterocycles. The van der Waals surface area contributed by atoms with Crippen molar-refractivity contribution in [1.29, 1.82) is 5.26 Å². The van der Waals surface area contributed by atoms with Crippen molar-refractivity contribution in [2.75, 3.05) is 7.11 Å². The highest BCUT2D eigenvalue weighted by Crippen LogP contribution is 2.14. The van der Waals surface area contributed by atoms with Crippen molar-refractivity contribution in [2.45, 2.75) is 6.61 Å². The van der Waals surface area contributed by atoms with Gasteiger partial charge < -0.3 is 9.57 Å². The topological polar surface area (TPSA) is 54.6 Å². The van der Waals surface area contributed by atoms with Crippen LogP contribution >= 0.6 is 0 Å². The molecule has 0 N–H and O–H groups in total. The van der Waals surface area contributed by atoms with Crippen LogP contribution in [0.25, 0.3) is 0 Å². The maximum Gasteiger partial charge on any atom is 0.142 e. The lowest BCUT2D eigenvalue weighted by molar-refractivity contribution is 0.132. The monoisotopic (exact) mass is 266 g/mol. The highest BCUT2D eigenvalue weighted by atomic mass is 16.6. The third kappa shape index (κ3) is 3.59. The number of ether oxygens (including phenoxy) is 1. The van der Waals surface area contributed by atoms with Crippen LogP contribution in [-0.4, -0.2) is 13.3 Å². The van der Waals surface area contributed by atoms with Crippen molar-refractivity contribution in [1.82, 2.24) is 0 Å². The summed E-state index contributed by atoms with van der Waals surface area (Å²) >= 11 is 0. The molecule has 100 valence electrons. The Labute approximate surface area is 117 Å². The predicted octanol–water partition coefficient (Wildman–Crippen LogP) is 3.12. The standard InChI is InChI=1S/C16H14N2O2/c1-19-16-5-3-2-4-15(16)11-18-20-12-14-8-6-13(10-17)7-9-14/h2-9,11H,12H2,1H3/b18-11-. The molecule has 0 fully saturated rings. The van der Waals surface area contributed by atoms with Gasteiger partial charge in [-0.2, -0.15) is 5.26 Å². The largest absolute Gasteiger partial charge is 0.496 e. The van der Waals surface area contributed by atoms with Crippen LogP contribution in [0.15, 0.2) is 53.7 Å². The van der Waals surface area contributed by atoms with Crippen LogP contribution in [-0.2, 0) is 11.4 Å². The zero-order valence-electron chi connectivity index (χ0n) is 11.1. The van der Waals surface area contributed by atoms with E-state index in [2.05, 4.69) is 11.2 Å². The molecular weight excluding hydrogens is 252 g/mol. The molecule has 0 aliphatic carbocycles. The van der Waals surface area contributed by atoms with Crippen LogP contribution in [0.4, 0.5) is 0 Å². The van der Waals surface area contributed by atoms with Crippen LogP contribution in [0, 0.1) is 11.3 Å². The molecular formula is C16H14N2O2. The van der Waals surface area contributed by atoms with Crippen LogP contribution in [0.5, 0.6) is 5.75 Å². The minimum absolute atomic E-state index is 0.358. The van der Waals surface area contributed by atoms with Crippen molar-refractivity contribution in [2.24, 2.45) is 5.16 Å². The fourth-order valence-corrected chi connectivity index (χ4v) is 1.65. The quantitative estimate of drug-likeness (QED) is 0.617. The third-order valence-corrected chi connectivity index (χ3v) is 2.72. The first kappa shape index (κ1) is 13.6. The molecule has 2 aromatic rings. The average Bonchev–Trinajstić information content (AvgIpc) is 2.52. The predicted molar refractivity (Wildman–Crippen MR) is 76.5 cm³/mol. The first-order valence-electron chi connectivity index (χ1n) is 6.11. The van der Waals surface area contributed by atoms with E-state index in [1.807, 2.05) is 36.4 Å². The van der Waals surface area contributed by atoms with E-state index < -0.39 is 0 Å². The van der Waals surface area contributed by atoms with Crippen molar-refractivity contribution in [3.8, 4) is 11.8 Å². The zero-order chi connectivity index (χ0) is 14.2. The molecule has 0 saturated carbocycles. The summed E-state index contributed by atoms with van der Waals surface area (Å²) in [4.78, 5) is 5.23. The van der Waals surface area contributed by atoms with Gasteiger partial charge in [-0.1, -0.05) is 29.4 Å². The minimum Gasteiger partial charge on any atom is -0.496 e. The van der Waals surface area contributed by atoms with E-state index in [0.29, 0.717) is 12.2 Å². The number of hydrogen-bond acceptors (Lipinski definition) is 4. The number of methoxy groups -OCH3 is 1. The fraction of sp³-hybridized carbons (Fsp3) is 0.125. The van der Waals surface area contributed by atoms with E-state index in [4.69, 9.17) is 14.8 Å². The molecule has 0 aromatic heterocycles. The normalized spacial score (nSPS) is 10.2. The third-order valence-electron chi connectivity index (χ3n) is 2.72. The molecule has 0 aliphatic rings. The van der Waals surface area contributed by atoms with E-state index in [1.165, 1.54) is 0 Å². The van der Waals surface area contributed by atoms with Crippen LogP contribution in [0.1, 0.15) is 16.7 Å². The average molecular weight is 266 g/mol. The SMILES string of the molecule is COc1ccccc1/C=N\OCc1ccc(C#N)cc1. The van der Waals surface area contributed by atoms with Crippen LogP contribution in [0.2, 0.25) is 0 Å². The molecule has 0 spiro atoms. The smallest absolute Gasteiger partial charge is 0.142 e. The number of rotatable bonds is 5. The number of nitrogens with zero attached hydrogens (tertiary/aromatic N) is 2. The van der Waals surface area contributed by atoms with Crippen molar-refractivity contribution in [3.63, 3.8) is 0 Å². The maximum atomic E-state index is 8.70. The molecule has 20 heavy (non-hydrogen) atoms. The van der Waals surface area contributed by atoms with Gasteiger partial charge in [0.1, 0.15) is 12.4 Å². The lowest BCUT2D eigenvalue weighted by Crippen LogP contribution is -1.92. The fourth-order valence-electron chi connectivity index (χ4n) is 1.65. The maximum absolute atomic E-state index is 8.70. The van der Waals surface area contributed by atoms with Gasteiger partial charge in [-0.3, -0.25) is 0 Å². The Morgan fingerprint density at radius 2 is 1.90 bits per heavy atom. The first-order valence-corrected chi connectivity index (χ1v) is 6.11. The Hall–Kier alpha value is -2.80. The Balaban J connectivity index is 1.92. The number of para-hydroxylation sites is 1. The number of oxime groups is 1. The van der Waals surface area contributed by atoms with Crippen LogP contribution < -0.4 is 4.74 Å². The van der Waals surface area contributed by atoms with Gasteiger partial charge in [0, 0.05) is 5.56 Å². The van der Waals surface area contributed by atoms with Gasteiger partial charge in [-0.15, -0.1) is 0 Å². The molecule has 4 heteroatoms. The molecule has 2 aromatic carbocycles. The van der Waals surface area contributed by atoms with E-state index in [9.17, 15) is 0 Å². The summed E-state index contributed by atoms with van der Waals surface area (Å²) in [6.45, 7) is 0.358. The van der Waals surface area contributed by atoms with Gasteiger partial charge in [0.25, 0.3) is 0 Å². The van der Waals surface area contributed by atoms with Gasteiger partial charge in [-0.25, -0.2) is 0 Å². The summed E-state index contributed by atoms with van der Waals surface area (Å²) < 4.78 is 5.21. The van der Waals surface area contributed by atoms with E-state index in [1.54, 1.807) is 25.5 Å². The molecule has 0 unspecified atom stereocenters. The van der Waals surface area contributed by atoms with Gasteiger partial charge in [-0.05, 0) is 29.8 Å². The summed E-state index contributed by atoms with van der Waals surface area (Å²) in [5.41, 5.74) is 2.45. The summed E-state index contributed by atoms with van der Waals surface area (Å²) in [6, 6.07) is 16.8. The molecule has 4 nitrogen and oxygen atoms in total. The van der Waals surface area contributed by atoms with E-state index in [0.717, 1.165) is 16.9 Å². The summed E-state index contributed by atoms with van der Waals surface area (Å²) in [6.07, 6.45) is 1.61. The van der Waals surface area contributed by atoms with Crippen molar-refractivity contribution >= 4 is 6.21 Å².